The van der Waals surface area contributed by atoms with Crippen molar-refractivity contribution < 1.29 is 14.2 Å². The molecule has 4 heteroatoms. The quantitative estimate of drug-likeness (QED) is 0.800. The van der Waals surface area contributed by atoms with E-state index in [1.807, 2.05) is 6.92 Å². The van der Waals surface area contributed by atoms with E-state index in [9.17, 15) is 9.50 Å². The fraction of sp³-hybridized carbons (Fsp3) is 0.455. The predicted octanol–water partition coefficient (Wildman–Crippen LogP) is 2.50. The molecule has 2 rings (SSSR count). The Morgan fingerprint density at radius 2 is 2.27 bits per heavy atom. The average molecular weight is 228 g/mol. The maximum atomic E-state index is 13.6. The maximum absolute atomic E-state index is 13.6. The summed E-state index contributed by atoms with van der Waals surface area (Å²) in [5.74, 6) is 0.788. The van der Waals surface area contributed by atoms with Crippen molar-refractivity contribution in [2.45, 2.75) is 24.0 Å². The number of rotatable bonds is 1. The Labute approximate surface area is 92.4 Å². The van der Waals surface area contributed by atoms with Crippen LogP contribution in [0.1, 0.15) is 24.2 Å². The van der Waals surface area contributed by atoms with Crippen LogP contribution in [0.3, 0.4) is 0 Å². The van der Waals surface area contributed by atoms with Crippen LogP contribution in [0.25, 0.3) is 0 Å². The third-order valence-corrected chi connectivity index (χ3v) is 3.93. The van der Waals surface area contributed by atoms with Crippen LogP contribution in [0.2, 0.25) is 0 Å². The van der Waals surface area contributed by atoms with Crippen LogP contribution in [0.15, 0.2) is 12.1 Å². The molecule has 1 N–H and O–H groups in total. The molecule has 0 amide bonds. The molecule has 1 aliphatic rings. The zero-order valence-corrected chi connectivity index (χ0v) is 9.47. The third-order valence-electron chi connectivity index (χ3n) is 2.69. The summed E-state index contributed by atoms with van der Waals surface area (Å²) in [6.07, 6.45) is -0.608. The second-order valence-corrected chi connectivity index (χ2v) is 5.00. The van der Waals surface area contributed by atoms with Gasteiger partial charge in [-0.1, -0.05) is 6.92 Å². The van der Waals surface area contributed by atoms with Gasteiger partial charge in [0.1, 0.15) is 11.6 Å². The Hall–Kier alpha value is -0.740. The molecule has 1 heterocycles. The highest BCUT2D eigenvalue weighted by atomic mass is 32.2. The van der Waals surface area contributed by atoms with Crippen LogP contribution < -0.4 is 4.74 Å². The maximum Gasteiger partial charge on any atom is 0.131 e. The topological polar surface area (TPSA) is 29.5 Å². The summed E-state index contributed by atoms with van der Waals surface area (Å²) in [6.45, 7) is 1.94. The molecule has 15 heavy (non-hydrogen) atoms. The average Bonchev–Trinajstić information content (AvgIpc) is 2.23. The summed E-state index contributed by atoms with van der Waals surface area (Å²) in [6, 6.07) is 3.08. The normalized spacial score (nSPS) is 24.8. The number of hydrogen-bond donors (Lipinski definition) is 1. The van der Waals surface area contributed by atoms with Gasteiger partial charge in [0.15, 0.2) is 0 Å². The summed E-state index contributed by atoms with van der Waals surface area (Å²) in [7, 11) is 1.49. The number of ether oxygens (including phenoxy) is 1. The van der Waals surface area contributed by atoms with E-state index >= 15 is 0 Å². The number of methoxy groups -OCH3 is 1. The Morgan fingerprint density at radius 3 is 2.93 bits per heavy atom. The minimum atomic E-state index is -0.608. The second kappa shape index (κ2) is 4.02. The summed E-state index contributed by atoms with van der Waals surface area (Å²) in [5, 5.41) is 10.0. The molecule has 0 aliphatic carbocycles. The van der Waals surface area contributed by atoms with Crippen molar-refractivity contribution in [2.24, 2.45) is 0 Å². The Kier molecular flexibility index (Phi) is 2.89. The van der Waals surface area contributed by atoms with Gasteiger partial charge in [-0.15, -0.1) is 0 Å². The van der Waals surface area contributed by atoms with Crippen LogP contribution in [0.5, 0.6) is 5.75 Å². The molecule has 1 aromatic carbocycles. The van der Waals surface area contributed by atoms with Gasteiger partial charge in [0.05, 0.1) is 13.2 Å². The minimum absolute atomic E-state index is 0.101. The number of hydrogen-bond acceptors (Lipinski definition) is 3. The smallest absolute Gasteiger partial charge is 0.131 e. The van der Waals surface area contributed by atoms with Crippen LogP contribution in [0, 0.1) is 5.82 Å². The fourth-order valence-corrected chi connectivity index (χ4v) is 2.79. The van der Waals surface area contributed by atoms with Crippen molar-refractivity contribution in [3.05, 3.63) is 29.1 Å². The predicted molar refractivity (Wildman–Crippen MR) is 58.7 cm³/mol. The molecule has 0 radical (unpaired) electrons. The SMILES string of the molecule is COc1cc(F)c2c(c1)C(O)C(C)SC2. The molecule has 2 atom stereocenters. The summed E-state index contributed by atoms with van der Waals surface area (Å²) in [5.41, 5.74) is 1.27. The first-order valence-electron chi connectivity index (χ1n) is 4.79. The van der Waals surface area contributed by atoms with E-state index in [0.717, 1.165) is 0 Å². The van der Waals surface area contributed by atoms with E-state index in [-0.39, 0.29) is 11.1 Å². The number of benzene rings is 1. The van der Waals surface area contributed by atoms with Gasteiger partial charge in [0, 0.05) is 22.6 Å². The van der Waals surface area contributed by atoms with Gasteiger partial charge in [-0.3, -0.25) is 0 Å². The lowest BCUT2D eigenvalue weighted by molar-refractivity contribution is 0.175. The van der Waals surface area contributed by atoms with Crippen molar-refractivity contribution >= 4 is 11.8 Å². The van der Waals surface area contributed by atoms with Gasteiger partial charge in [0.2, 0.25) is 0 Å². The van der Waals surface area contributed by atoms with E-state index < -0.39 is 6.10 Å². The lowest BCUT2D eigenvalue weighted by atomic mass is 10.00. The van der Waals surface area contributed by atoms with E-state index in [1.54, 1.807) is 17.8 Å². The molecular weight excluding hydrogens is 215 g/mol. The van der Waals surface area contributed by atoms with E-state index in [2.05, 4.69) is 0 Å². The molecule has 0 saturated heterocycles. The van der Waals surface area contributed by atoms with Gasteiger partial charge >= 0.3 is 0 Å². The summed E-state index contributed by atoms with van der Waals surface area (Å²) >= 11 is 1.57. The highest BCUT2D eigenvalue weighted by molar-refractivity contribution is 7.99. The van der Waals surface area contributed by atoms with E-state index in [4.69, 9.17) is 4.74 Å². The largest absolute Gasteiger partial charge is 0.497 e. The summed E-state index contributed by atoms with van der Waals surface area (Å²) in [4.78, 5) is 0. The molecule has 82 valence electrons. The first-order chi connectivity index (χ1) is 7.13. The molecular formula is C11H13FO2S. The first-order valence-corrected chi connectivity index (χ1v) is 5.84. The monoisotopic (exact) mass is 228 g/mol. The van der Waals surface area contributed by atoms with Crippen LogP contribution in [-0.4, -0.2) is 17.5 Å². The number of fused-ring (bicyclic) bond motifs is 1. The molecule has 2 nitrogen and oxygen atoms in total. The number of aliphatic hydroxyl groups is 1. The lowest BCUT2D eigenvalue weighted by Crippen LogP contribution is -2.19. The second-order valence-electron chi connectivity index (χ2n) is 3.64. The highest BCUT2D eigenvalue weighted by Gasteiger charge is 2.27. The Bertz CT molecular complexity index is 381. The molecule has 0 spiro atoms. The summed E-state index contributed by atoms with van der Waals surface area (Å²) < 4.78 is 18.6. The molecule has 0 saturated carbocycles. The standard InChI is InChI=1S/C11H13FO2S/c1-6-11(13)8-3-7(14-2)4-10(12)9(8)5-15-6/h3-4,6,11,13H,5H2,1-2H3. The van der Waals surface area contributed by atoms with Crippen molar-refractivity contribution in [3.8, 4) is 5.75 Å². The number of halogens is 1. The van der Waals surface area contributed by atoms with Crippen LogP contribution in [0.4, 0.5) is 4.39 Å². The van der Waals surface area contributed by atoms with Gasteiger partial charge in [-0.25, -0.2) is 4.39 Å². The van der Waals surface area contributed by atoms with Crippen molar-refractivity contribution in [3.63, 3.8) is 0 Å². The molecule has 1 aliphatic heterocycles. The van der Waals surface area contributed by atoms with Gasteiger partial charge in [-0.05, 0) is 11.6 Å². The Balaban J connectivity index is 2.51. The highest BCUT2D eigenvalue weighted by Crippen LogP contribution is 2.40. The zero-order valence-electron chi connectivity index (χ0n) is 8.66. The van der Waals surface area contributed by atoms with E-state index in [1.165, 1.54) is 13.2 Å². The minimum Gasteiger partial charge on any atom is -0.497 e. The van der Waals surface area contributed by atoms with Gasteiger partial charge in [0.25, 0.3) is 0 Å². The molecule has 2 unspecified atom stereocenters. The van der Waals surface area contributed by atoms with Crippen molar-refractivity contribution in [1.82, 2.24) is 0 Å². The zero-order chi connectivity index (χ0) is 11.0. The van der Waals surface area contributed by atoms with Gasteiger partial charge < -0.3 is 9.84 Å². The van der Waals surface area contributed by atoms with Gasteiger partial charge in [-0.2, -0.15) is 11.8 Å². The van der Waals surface area contributed by atoms with Crippen LogP contribution >= 0.6 is 11.8 Å². The molecule has 0 bridgehead atoms. The number of aliphatic hydroxyl groups excluding tert-OH is 1. The molecule has 0 aromatic heterocycles. The van der Waals surface area contributed by atoms with Crippen molar-refractivity contribution in [1.29, 1.82) is 0 Å². The molecule has 0 fully saturated rings. The fourth-order valence-electron chi connectivity index (χ4n) is 1.72. The lowest BCUT2D eigenvalue weighted by Gasteiger charge is -2.27. The van der Waals surface area contributed by atoms with Crippen molar-refractivity contribution in [2.75, 3.05) is 7.11 Å². The Morgan fingerprint density at radius 1 is 1.53 bits per heavy atom. The number of thioether (sulfide) groups is 1. The first kappa shape index (κ1) is 10.8. The third kappa shape index (κ3) is 1.84. The van der Waals surface area contributed by atoms with E-state index in [0.29, 0.717) is 22.6 Å². The molecule has 1 aromatic rings. The van der Waals surface area contributed by atoms with Crippen LogP contribution in [-0.2, 0) is 5.75 Å².